The van der Waals surface area contributed by atoms with Gasteiger partial charge in [0, 0.05) is 26.6 Å². The molecule has 2 heterocycles. The summed E-state index contributed by atoms with van der Waals surface area (Å²) in [6.07, 6.45) is 1.49. The molecular weight excluding hydrogens is 383 g/mol. The molecule has 5 nitrogen and oxygen atoms in total. The molecule has 0 radical (unpaired) electrons. The minimum Gasteiger partial charge on any atom is -0.454 e. The summed E-state index contributed by atoms with van der Waals surface area (Å²) in [7, 11) is 0. The molecule has 1 saturated heterocycles. The van der Waals surface area contributed by atoms with Crippen molar-refractivity contribution in [2.24, 2.45) is 0 Å². The fourth-order valence-corrected chi connectivity index (χ4v) is 4.34. The van der Waals surface area contributed by atoms with E-state index in [1.807, 2.05) is 12.1 Å². The zero-order chi connectivity index (χ0) is 19.7. The first-order valence-electron chi connectivity index (χ1n) is 9.30. The second-order valence-electron chi connectivity index (χ2n) is 7.36. The quantitative estimate of drug-likeness (QED) is 0.841. The van der Waals surface area contributed by atoms with Crippen molar-refractivity contribution in [3.05, 3.63) is 58.4 Å². The molecule has 1 amide bonds. The topological polar surface area (TPSA) is 50.8 Å². The van der Waals surface area contributed by atoms with Crippen LogP contribution in [0.3, 0.4) is 0 Å². The average Bonchev–Trinajstić information content (AvgIpc) is 3.13. The van der Waals surface area contributed by atoms with Crippen molar-refractivity contribution in [1.82, 2.24) is 10.2 Å². The molecule has 28 heavy (non-hydrogen) atoms. The van der Waals surface area contributed by atoms with E-state index in [4.69, 9.17) is 21.1 Å². The smallest absolute Gasteiger partial charge is 0.231 e. The number of rotatable bonds is 4. The van der Waals surface area contributed by atoms with E-state index in [-0.39, 0.29) is 18.5 Å². The number of carbonyl (C=O) groups excluding carboxylic acids is 1. The molecule has 148 valence electrons. The Balaban J connectivity index is 1.48. The summed E-state index contributed by atoms with van der Waals surface area (Å²) in [4.78, 5) is 14.2. The lowest BCUT2D eigenvalue weighted by Gasteiger charge is -2.42. The van der Waals surface area contributed by atoms with Gasteiger partial charge in [-0.05, 0) is 48.2 Å². The van der Waals surface area contributed by atoms with Gasteiger partial charge in [-0.2, -0.15) is 0 Å². The number of piperidine rings is 1. The number of nitrogens with zero attached hydrogens (tertiary/aromatic N) is 1. The third-order valence-corrected chi connectivity index (χ3v) is 5.70. The first-order chi connectivity index (χ1) is 13.4. The number of carbonyl (C=O) groups is 1. The monoisotopic (exact) mass is 404 g/mol. The Labute approximate surface area is 168 Å². The average molecular weight is 405 g/mol. The van der Waals surface area contributed by atoms with E-state index in [2.05, 4.69) is 10.2 Å². The molecule has 2 aromatic rings. The lowest BCUT2D eigenvalue weighted by Crippen LogP contribution is -2.52. The van der Waals surface area contributed by atoms with Crippen molar-refractivity contribution in [2.75, 3.05) is 19.9 Å². The van der Waals surface area contributed by atoms with Crippen LogP contribution in [0.1, 0.15) is 30.9 Å². The summed E-state index contributed by atoms with van der Waals surface area (Å²) in [6, 6.07) is 10.3. The Morgan fingerprint density at radius 1 is 1.21 bits per heavy atom. The van der Waals surface area contributed by atoms with Gasteiger partial charge in [-0.15, -0.1) is 0 Å². The number of ether oxygens (including phenoxy) is 2. The number of nitrogens with one attached hydrogen (secondary N) is 1. The summed E-state index contributed by atoms with van der Waals surface area (Å²) in [5.74, 6) is 0.919. The van der Waals surface area contributed by atoms with Gasteiger partial charge in [0.1, 0.15) is 5.82 Å². The molecule has 0 saturated carbocycles. The van der Waals surface area contributed by atoms with E-state index < -0.39 is 5.54 Å². The highest BCUT2D eigenvalue weighted by Gasteiger charge is 2.37. The second kappa shape index (κ2) is 7.60. The predicted molar refractivity (Wildman–Crippen MR) is 104 cm³/mol. The summed E-state index contributed by atoms with van der Waals surface area (Å²) < 4.78 is 24.2. The summed E-state index contributed by atoms with van der Waals surface area (Å²) in [5, 5.41) is 3.67. The maximum Gasteiger partial charge on any atom is 0.231 e. The van der Waals surface area contributed by atoms with Crippen molar-refractivity contribution < 1.29 is 18.7 Å². The Bertz CT molecular complexity index is 880. The molecule has 0 aliphatic carbocycles. The first-order valence-corrected chi connectivity index (χ1v) is 9.68. The van der Waals surface area contributed by atoms with E-state index in [1.54, 1.807) is 12.1 Å². The van der Waals surface area contributed by atoms with Gasteiger partial charge in [0.2, 0.25) is 12.7 Å². The van der Waals surface area contributed by atoms with Crippen molar-refractivity contribution in [3.63, 3.8) is 0 Å². The standard InChI is InChI=1S/C21H22ClFN2O3/c1-14(26)24-21(16-2-4-17(23)5-3-16)6-8-25(9-7-21)12-15-10-18(22)20-19(11-15)27-13-28-20/h2-5,10-11H,6-9,12-13H2,1H3,(H,24,26). The maximum absolute atomic E-state index is 13.3. The molecule has 2 aliphatic heterocycles. The van der Waals surface area contributed by atoms with Crippen molar-refractivity contribution in [1.29, 1.82) is 0 Å². The van der Waals surface area contributed by atoms with Crippen molar-refractivity contribution in [2.45, 2.75) is 31.8 Å². The SMILES string of the molecule is CC(=O)NC1(c2ccc(F)cc2)CCN(Cc2cc(Cl)c3c(c2)OCO3)CC1. The fourth-order valence-electron chi connectivity index (χ4n) is 4.05. The predicted octanol–water partition coefficient (Wildman–Crippen LogP) is 3.84. The lowest BCUT2D eigenvalue weighted by atomic mass is 9.80. The largest absolute Gasteiger partial charge is 0.454 e. The molecule has 0 bridgehead atoms. The molecule has 1 N–H and O–H groups in total. The van der Waals surface area contributed by atoms with Gasteiger partial charge >= 0.3 is 0 Å². The number of halogens is 2. The van der Waals surface area contributed by atoms with Gasteiger partial charge in [0.05, 0.1) is 10.6 Å². The van der Waals surface area contributed by atoms with E-state index in [9.17, 15) is 9.18 Å². The van der Waals surface area contributed by atoms with Crippen LogP contribution >= 0.6 is 11.6 Å². The summed E-state index contributed by atoms with van der Waals surface area (Å²) in [6.45, 7) is 4.04. The van der Waals surface area contributed by atoms with Crippen LogP contribution in [-0.4, -0.2) is 30.7 Å². The minimum absolute atomic E-state index is 0.0830. The molecule has 0 unspecified atom stereocenters. The summed E-state index contributed by atoms with van der Waals surface area (Å²) >= 11 is 6.29. The van der Waals surface area contributed by atoms with Crippen molar-refractivity contribution >= 4 is 17.5 Å². The highest BCUT2D eigenvalue weighted by Crippen LogP contribution is 2.40. The van der Waals surface area contributed by atoms with E-state index in [0.717, 1.165) is 43.6 Å². The molecule has 0 aromatic heterocycles. The minimum atomic E-state index is -0.470. The van der Waals surface area contributed by atoms with Crippen LogP contribution in [0, 0.1) is 5.82 Å². The van der Waals surface area contributed by atoms with Gasteiger partial charge < -0.3 is 14.8 Å². The van der Waals surface area contributed by atoms with E-state index in [0.29, 0.717) is 16.5 Å². The van der Waals surface area contributed by atoms with Crippen LogP contribution in [0.5, 0.6) is 11.5 Å². The fraction of sp³-hybridized carbons (Fsp3) is 0.381. The number of hydrogen-bond acceptors (Lipinski definition) is 4. The number of benzene rings is 2. The molecule has 2 aliphatic rings. The van der Waals surface area contributed by atoms with Crippen molar-refractivity contribution in [3.8, 4) is 11.5 Å². The lowest BCUT2D eigenvalue weighted by molar-refractivity contribution is -0.121. The Morgan fingerprint density at radius 2 is 1.93 bits per heavy atom. The van der Waals surface area contributed by atoms with Crippen LogP contribution in [-0.2, 0) is 16.9 Å². The third kappa shape index (κ3) is 3.80. The van der Waals surface area contributed by atoms with Gasteiger partial charge in [-0.3, -0.25) is 9.69 Å². The first kappa shape index (κ1) is 19.0. The molecule has 2 aromatic carbocycles. The number of amides is 1. The van der Waals surface area contributed by atoms with Crippen LogP contribution < -0.4 is 14.8 Å². The highest BCUT2D eigenvalue weighted by molar-refractivity contribution is 6.32. The molecule has 0 atom stereocenters. The number of likely N-dealkylation sites (tertiary alicyclic amines) is 1. The van der Waals surface area contributed by atoms with Gasteiger partial charge in [-0.25, -0.2) is 4.39 Å². The second-order valence-corrected chi connectivity index (χ2v) is 7.76. The molecule has 7 heteroatoms. The van der Waals surface area contributed by atoms with Gasteiger partial charge in [0.25, 0.3) is 0 Å². The third-order valence-electron chi connectivity index (χ3n) is 5.41. The molecule has 1 fully saturated rings. The zero-order valence-electron chi connectivity index (χ0n) is 15.6. The normalized spacial score (nSPS) is 18.1. The molecule has 0 spiro atoms. The maximum atomic E-state index is 13.3. The number of hydrogen-bond donors (Lipinski definition) is 1. The number of fused-ring (bicyclic) bond motifs is 1. The zero-order valence-corrected chi connectivity index (χ0v) is 16.4. The molecular formula is C21H22ClFN2O3. The van der Waals surface area contributed by atoms with E-state index >= 15 is 0 Å². The molecule has 4 rings (SSSR count). The summed E-state index contributed by atoms with van der Waals surface area (Å²) in [5.41, 5.74) is 1.53. The van der Waals surface area contributed by atoms with E-state index in [1.165, 1.54) is 19.1 Å². The van der Waals surface area contributed by atoms with Crippen LogP contribution in [0.15, 0.2) is 36.4 Å². The highest BCUT2D eigenvalue weighted by atomic mass is 35.5. The van der Waals surface area contributed by atoms with Crippen LogP contribution in [0.25, 0.3) is 0 Å². The van der Waals surface area contributed by atoms with Crippen LogP contribution in [0.4, 0.5) is 4.39 Å². The Hall–Kier alpha value is -2.31. The van der Waals surface area contributed by atoms with Gasteiger partial charge in [0.15, 0.2) is 11.5 Å². The van der Waals surface area contributed by atoms with Gasteiger partial charge in [-0.1, -0.05) is 23.7 Å². The Morgan fingerprint density at radius 3 is 2.61 bits per heavy atom. The van der Waals surface area contributed by atoms with Crippen LogP contribution in [0.2, 0.25) is 5.02 Å². The Kier molecular flexibility index (Phi) is 5.17.